The molecule has 0 amide bonds. The molecule has 0 spiro atoms. The van der Waals surface area contributed by atoms with Crippen molar-refractivity contribution in [3.05, 3.63) is 30.4 Å². The Kier molecular flexibility index (Phi) is 4.56. The number of hydrogen-bond donors (Lipinski definition) is 1. The van der Waals surface area contributed by atoms with E-state index in [0.717, 1.165) is 18.9 Å². The van der Waals surface area contributed by atoms with E-state index in [2.05, 4.69) is 29.8 Å². The Balaban J connectivity index is 1.66. The maximum Gasteiger partial charge on any atom is 0.422 e. The van der Waals surface area contributed by atoms with Gasteiger partial charge in [-0.1, -0.05) is 0 Å². The molecule has 1 atom stereocenters. The van der Waals surface area contributed by atoms with E-state index >= 15 is 0 Å². The molecule has 1 N–H and O–H groups in total. The number of likely N-dealkylation sites (N-methyl/N-ethyl adjacent to an activating group) is 1. The number of halogens is 3. The van der Waals surface area contributed by atoms with Crippen molar-refractivity contribution < 1.29 is 17.9 Å². The van der Waals surface area contributed by atoms with Gasteiger partial charge in [0.25, 0.3) is 0 Å². The van der Waals surface area contributed by atoms with Gasteiger partial charge in [-0.25, -0.2) is 4.98 Å². The standard InChI is InChI=1S/C14H17F3N6O/c1-22-6-7-23(8-10(22)13-18-4-5-19-13)11-2-3-12(21-20-11)24-9-14(15,16)17/h2-5,10H,6-9H2,1H3,(H,18,19). The van der Waals surface area contributed by atoms with E-state index in [4.69, 9.17) is 0 Å². The van der Waals surface area contributed by atoms with Crippen molar-refractivity contribution in [2.75, 3.05) is 38.2 Å². The van der Waals surface area contributed by atoms with E-state index in [1.165, 1.54) is 6.07 Å². The molecule has 3 rings (SSSR count). The van der Waals surface area contributed by atoms with Crippen LogP contribution in [0.25, 0.3) is 0 Å². The topological polar surface area (TPSA) is 70.2 Å². The van der Waals surface area contributed by atoms with Crippen LogP contribution in [0, 0.1) is 0 Å². The molecule has 0 aromatic carbocycles. The van der Waals surface area contributed by atoms with Crippen LogP contribution in [0.1, 0.15) is 11.9 Å². The number of imidazole rings is 1. The first-order chi connectivity index (χ1) is 11.4. The maximum absolute atomic E-state index is 12.1. The Labute approximate surface area is 136 Å². The van der Waals surface area contributed by atoms with Gasteiger partial charge in [-0.15, -0.1) is 10.2 Å². The summed E-state index contributed by atoms with van der Waals surface area (Å²) in [5.41, 5.74) is 0. The van der Waals surface area contributed by atoms with Crippen LogP contribution < -0.4 is 9.64 Å². The van der Waals surface area contributed by atoms with Gasteiger partial charge in [-0.2, -0.15) is 13.2 Å². The lowest BCUT2D eigenvalue weighted by molar-refractivity contribution is -0.154. The van der Waals surface area contributed by atoms with Crippen LogP contribution in [0.15, 0.2) is 24.5 Å². The summed E-state index contributed by atoms with van der Waals surface area (Å²) in [6.07, 6.45) is -0.919. The normalized spacial score (nSPS) is 19.5. The monoisotopic (exact) mass is 342 g/mol. The van der Waals surface area contributed by atoms with Crippen LogP contribution >= 0.6 is 0 Å². The van der Waals surface area contributed by atoms with Gasteiger partial charge in [-0.3, -0.25) is 4.90 Å². The van der Waals surface area contributed by atoms with Crippen LogP contribution in [-0.4, -0.2) is 64.5 Å². The molecule has 24 heavy (non-hydrogen) atoms. The van der Waals surface area contributed by atoms with Gasteiger partial charge in [0.15, 0.2) is 12.4 Å². The minimum Gasteiger partial charge on any atom is -0.467 e. The van der Waals surface area contributed by atoms with Gasteiger partial charge in [0, 0.05) is 38.1 Å². The Bertz CT molecular complexity index is 646. The highest BCUT2D eigenvalue weighted by atomic mass is 19.4. The maximum atomic E-state index is 12.1. The lowest BCUT2D eigenvalue weighted by atomic mass is 10.1. The van der Waals surface area contributed by atoms with Gasteiger partial charge in [-0.05, 0) is 13.1 Å². The minimum atomic E-state index is -4.39. The Hall–Kier alpha value is -2.36. The molecule has 3 heterocycles. The minimum absolute atomic E-state index is 0.0803. The van der Waals surface area contributed by atoms with Crippen molar-refractivity contribution in [1.29, 1.82) is 0 Å². The Morgan fingerprint density at radius 3 is 2.75 bits per heavy atom. The van der Waals surface area contributed by atoms with Crippen LogP contribution in [0.4, 0.5) is 19.0 Å². The van der Waals surface area contributed by atoms with Crippen LogP contribution in [0.2, 0.25) is 0 Å². The Morgan fingerprint density at radius 1 is 1.29 bits per heavy atom. The van der Waals surface area contributed by atoms with E-state index in [-0.39, 0.29) is 11.9 Å². The molecule has 0 saturated carbocycles. The molecule has 1 fully saturated rings. The number of aromatic nitrogens is 4. The fraction of sp³-hybridized carbons (Fsp3) is 0.500. The number of ether oxygens (including phenoxy) is 1. The van der Waals surface area contributed by atoms with E-state index in [1.54, 1.807) is 18.5 Å². The highest BCUT2D eigenvalue weighted by Gasteiger charge is 2.30. The summed E-state index contributed by atoms with van der Waals surface area (Å²) in [6.45, 7) is 0.821. The number of nitrogens with zero attached hydrogens (tertiary/aromatic N) is 5. The Morgan fingerprint density at radius 2 is 2.12 bits per heavy atom. The summed E-state index contributed by atoms with van der Waals surface area (Å²) in [4.78, 5) is 11.6. The first kappa shape index (κ1) is 16.5. The largest absolute Gasteiger partial charge is 0.467 e. The number of nitrogens with one attached hydrogen (secondary N) is 1. The van der Waals surface area contributed by atoms with E-state index in [1.807, 2.05) is 11.9 Å². The predicted molar refractivity (Wildman–Crippen MR) is 79.8 cm³/mol. The van der Waals surface area contributed by atoms with Crippen molar-refractivity contribution >= 4 is 5.82 Å². The summed E-state index contributed by atoms with van der Waals surface area (Å²) >= 11 is 0. The van der Waals surface area contributed by atoms with E-state index in [0.29, 0.717) is 12.4 Å². The smallest absolute Gasteiger partial charge is 0.422 e. The lowest BCUT2D eigenvalue weighted by Crippen LogP contribution is -2.47. The fourth-order valence-corrected chi connectivity index (χ4v) is 2.55. The van der Waals surface area contributed by atoms with Crippen LogP contribution in [-0.2, 0) is 0 Å². The number of piperazine rings is 1. The zero-order valence-corrected chi connectivity index (χ0v) is 13.0. The van der Waals surface area contributed by atoms with Crippen molar-refractivity contribution in [1.82, 2.24) is 25.1 Å². The first-order valence-electron chi connectivity index (χ1n) is 7.40. The van der Waals surface area contributed by atoms with E-state index < -0.39 is 12.8 Å². The van der Waals surface area contributed by atoms with Crippen molar-refractivity contribution in [3.8, 4) is 5.88 Å². The number of anilines is 1. The highest BCUT2D eigenvalue weighted by molar-refractivity contribution is 5.39. The van der Waals surface area contributed by atoms with Crippen LogP contribution in [0.5, 0.6) is 5.88 Å². The molecule has 0 radical (unpaired) electrons. The molecule has 1 aliphatic rings. The molecule has 2 aromatic rings. The van der Waals surface area contributed by atoms with Gasteiger partial charge < -0.3 is 14.6 Å². The van der Waals surface area contributed by atoms with Gasteiger partial charge >= 0.3 is 6.18 Å². The zero-order valence-electron chi connectivity index (χ0n) is 13.0. The molecule has 0 bridgehead atoms. The summed E-state index contributed by atoms with van der Waals surface area (Å²) in [7, 11) is 2.02. The second kappa shape index (κ2) is 6.63. The number of rotatable bonds is 4. The molecule has 1 aliphatic heterocycles. The third-order valence-electron chi connectivity index (χ3n) is 3.82. The van der Waals surface area contributed by atoms with E-state index in [9.17, 15) is 13.2 Å². The highest BCUT2D eigenvalue weighted by Crippen LogP contribution is 2.25. The number of H-pyrrole nitrogens is 1. The summed E-state index contributed by atoms with van der Waals surface area (Å²) in [6, 6.07) is 3.09. The van der Waals surface area contributed by atoms with Crippen LogP contribution in [0.3, 0.4) is 0 Å². The number of aromatic amines is 1. The SMILES string of the molecule is CN1CCN(c2ccc(OCC(F)(F)F)nn2)CC1c1ncc[nH]1. The average molecular weight is 342 g/mol. The molecular formula is C14H17F3N6O. The second-order valence-electron chi connectivity index (χ2n) is 5.55. The summed E-state index contributed by atoms with van der Waals surface area (Å²) < 4.78 is 41.0. The van der Waals surface area contributed by atoms with Crippen molar-refractivity contribution in [2.45, 2.75) is 12.2 Å². The third-order valence-corrected chi connectivity index (χ3v) is 3.82. The first-order valence-corrected chi connectivity index (χ1v) is 7.40. The quantitative estimate of drug-likeness (QED) is 0.911. The molecule has 130 valence electrons. The van der Waals surface area contributed by atoms with Crippen molar-refractivity contribution in [2.24, 2.45) is 0 Å². The molecular weight excluding hydrogens is 325 g/mol. The fourth-order valence-electron chi connectivity index (χ4n) is 2.55. The molecule has 0 aliphatic carbocycles. The van der Waals surface area contributed by atoms with Gasteiger partial charge in [0.05, 0.1) is 6.04 Å². The second-order valence-corrected chi connectivity index (χ2v) is 5.55. The predicted octanol–water partition coefficient (Wildman–Crippen LogP) is 1.63. The zero-order chi connectivity index (χ0) is 17.2. The molecule has 1 unspecified atom stereocenters. The molecule has 10 heteroatoms. The van der Waals surface area contributed by atoms with Gasteiger partial charge in [0.2, 0.25) is 5.88 Å². The third kappa shape index (κ3) is 3.94. The molecule has 1 saturated heterocycles. The van der Waals surface area contributed by atoms with Gasteiger partial charge in [0.1, 0.15) is 5.82 Å². The summed E-state index contributed by atoms with van der Waals surface area (Å²) in [5, 5.41) is 7.69. The van der Waals surface area contributed by atoms with Crippen molar-refractivity contribution in [3.63, 3.8) is 0 Å². The summed E-state index contributed by atoms with van der Waals surface area (Å²) in [5.74, 6) is 1.31. The average Bonchev–Trinajstić information content (AvgIpc) is 3.07. The molecule has 7 nitrogen and oxygen atoms in total. The number of alkyl halides is 3. The molecule has 2 aromatic heterocycles. The number of hydrogen-bond acceptors (Lipinski definition) is 6. The lowest BCUT2D eigenvalue weighted by Gasteiger charge is -2.38.